The molecule has 10 aliphatic rings. The van der Waals surface area contributed by atoms with Crippen LogP contribution in [-0.2, 0) is 23.7 Å². The van der Waals surface area contributed by atoms with Crippen molar-refractivity contribution in [2.45, 2.75) is 218 Å². The summed E-state index contributed by atoms with van der Waals surface area (Å²) in [6.45, 7) is -15.2. The number of hydrogen-bond acceptors (Lipinski definition) is 20. The van der Waals surface area contributed by atoms with Gasteiger partial charge in [0.25, 0.3) is 0 Å². The van der Waals surface area contributed by atoms with Crippen LogP contribution in [0.15, 0.2) is 108 Å². The molecule has 0 saturated carbocycles. The van der Waals surface area contributed by atoms with Gasteiger partial charge in [0, 0.05) is 101 Å². The van der Waals surface area contributed by atoms with Crippen LogP contribution in [0.5, 0.6) is 0 Å². The second-order valence-electron chi connectivity index (χ2n) is 25.7. The van der Waals surface area contributed by atoms with Gasteiger partial charge in [0.2, 0.25) is 29.5 Å². The first-order chi connectivity index (χ1) is 59.7. The Morgan fingerprint density at radius 1 is 0.367 bits per heavy atom. The minimum Gasteiger partial charge on any atom is -0.476 e. The van der Waals surface area contributed by atoms with Gasteiger partial charge in [-0.15, -0.1) is 0 Å². The Kier molecular flexibility index (Phi) is 25.3. The van der Waals surface area contributed by atoms with Crippen LogP contribution >= 0.6 is 0 Å². The molecular formula is C75H111F14N15O5. The third-order valence-corrected chi connectivity index (χ3v) is 16.4. The van der Waals surface area contributed by atoms with E-state index in [0.29, 0.717) is 74.8 Å². The molecule has 10 aliphatic heterocycles. The molecule has 0 aromatic carbocycles. The summed E-state index contributed by atoms with van der Waals surface area (Å²) in [6.07, 6.45) is -2.04. The molecular weight excluding hydrogens is 1460 g/mol. The Balaban J connectivity index is 0.000000251. The fourth-order valence-corrected chi connectivity index (χ4v) is 10.7. The predicted octanol–water partition coefficient (Wildman–Crippen LogP) is 16.4. The molecule has 0 bridgehead atoms. The van der Waals surface area contributed by atoms with Crippen molar-refractivity contribution in [1.82, 2.24) is 24.5 Å². The fourth-order valence-electron chi connectivity index (χ4n) is 10.7. The number of nitrogens with zero attached hydrogens (tertiary/aromatic N) is 15. The van der Waals surface area contributed by atoms with Crippen molar-refractivity contribution in [2.24, 2.45) is 49.9 Å². The molecule has 109 heavy (non-hydrogen) atoms. The molecule has 10 rings (SSSR count). The first kappa shape index (κ1) is 63.7. The molecule has 0 aromatic rings. The molecule has 0 N–H and O–H groups in total. The van der Waals surface area contributed by atoms with Crippen molar-refractivity contribution in [3.05, 3.63) is 58.2 Å². The van der Waals surface area contributed by atoms with Crippen molar-refractivity contribution >= 4 is 58.0 Å². The summed E-state index contributed by atoms with van der Waals surface area (Å²) in [5, 5.41) is 0. The first-order valence-electron chi connectivity index (χ1n) is 46.5. The lowest BCUT2D eigenvalue weighted by molar-refractivity contribution is -0.305. The van der Waals surface area contributed by atoms with Gasteiger partial charge in [-0.1, -0.05) is 109 Å². The van der Waals surface area contributed by atoms with Crippen molar-refractivity contribution < 1.29 is 114 Å². The SMILES string of the molecule is [2H]C([2H])([2H])N1C([2H])([2H])CC=C(C2=NCN=C2OC(F)(F)CCCCC)C1([2H])[2H].[2H]C([2H])([2H])N1CCC=C(C2=NCN=C2OC(F)(F)CCCCC)C1([2H])[2H].[2H]C([2H])([2H])N1CCC=C(C2=NCN=C2OCCC(F)(F)C(F)(F)C(C)(F)F)C1.[2H]C1([2H])C(C2=NCN=C2OC(F)(F)CCCCC)=CCCN1C.[2H]C1([2H])CC=C(C2=NCN=C2OC(F)(F)CCCCC)C([2H])([2H])N1C. The maximum atomic E-state index is 14.1. The monoisotopic (exact) mass is 1590 g/mol. The Morgan fingerprint density at radius 3 is 1.04 bits per heavy atom. The average molecular weight is 1590 g/mol. The predicted molar refractivity (Wildman–Crippen MR) is 401 cm³/mol. The van der Waals surface area contributed by atoms with Crippen LogP contribution in [0.3, 0.4) is 0 Å². The molecule has 0 unspecified atom stereocenters. The highest BCUT2D eigenvalue weighted by molar-refractivity contribution is 6.48. The van der Waals surface area contributed by atoms with Gasteiger partial charge in [0.05, 0.1) is 38.7 Å². The van der Waals surface area contributed by atoms with Crippen LogP contribution in [0.25, 0.3) is 0 Å². The first-order valence-corrected chi connectivity index (χ1v) is 36.0. The average Bonchev–Trinajstić information content (AvgIpc) is 1.37. The van der Waals surface area contributed by atoms with Gasteiger partial charge < -0.3 is 48.2 Å². The number of unbranched alkanes of at least 4 members (excludes halogenated alkanes) is 8. The van der Waals surface area contributed by atoms with Gasteiger partial charge in [-0.05, 0) is 121 Å². The van der Waals surface area contributed by atoms with E-state index in [4.69, 9.17) is 52.5 Å². The van der Waals surface area contributed by atoms with Crippen molar-refractivity contribution in [1.29, 1.82) is 0 Å². The van der Waals surface area contributed by atoms with Crippen molar-refractivity contribution in [2.75, 3.05) is 140 Å². The van der Waals surface area contributed by atoms with E-state index < -0.39 is 153 Å². The molecule has 20 nitrogen and oxygen atoms in total. The van der Waals surface area contributed by atoms with Crippen LogP contribution in [0, 0.1) is 0 Å². The van der Waals surface area contributed by atoms with E-state index in [9.17, 15) is 61.5 Å². The number of rotatable bonds is 30. The molecule has 34 heteroatoms. The van der Waals surface area contributed by atoms with Crippen LogP contribution in [0.4, 0.5) is 61.5 Å². The molecule has 614 valence electrons. The van der Waals surface area contributed by atoms with Crippen LogP contribution in [0.2, 0.25) is 0 Å². The zero-order valence-electron chi connectivity index (χ0n) is 83.1. The minimum atomic E-state index is -5.54. The van der Waals surface area contributed by atoms with Crippen molar-refractivity contribution in [3.63, 3.8) is 0 Å². The molecule has 0 aromatic heterocycles. The van der Waals surface area contributed by atoms with E-state index >= 15 is 0 Å². The van der Waals surface area contributed by atoms with Crippen LogP contribution in [0.1, 0.15) is 205 Å². The van der Waals surface area contributed by atoms with E-state index in [1.165, 1.54) is 29.0 Å². The number of hydrogen-bond donors (Lipinski definition) is 0. The smallest absolute Gasteiger partial charge is 0.399 e. The van der Waals surface area contributed by atoms with Gasteiger partial charge in [0.1, 0.15) is 61.9 Å². The van der Waals surface area contributed by atoms with Crippen LogP contribution in [-0.4, -0.2) is 265 Å². The molecule has 0 saturated heterocycles. The van der Waals surface area contributed by atoms with Gasteiger partial charge in [-0.25, -0.2) is 25.0 Å². The normalized spacial score (nSPS) is 26.1. The largest absolute Gasteiger partial charge is 0.476 e. The minimum absolute atomic E-state index is 0.00531. The van der Waals surface area contributed by atoms with E-state index in [1.807, 2.05) is 27.7 Å². The van der Waals surface area contributed by atoms with Gasteiger partial charge >= 0.3 is 42.2 Å². The highest BCUT2D eigenvalue weighted by Gasteiger charge is 2.68. The lowest BCUT2D eigenvalue weighted by Crippen LogP contribution is -2.53. The van der Waals surface area contributed by atoms with Gasteiger partial charge in [-0.3, -0.25) is 25.0 Å². The summed E-state index contributed by atoms with van der Waals surface area (Å²) in [5.41, 5.74) is 0.00125. The molecule has 0 atom stereocenters. The summed E-state index contributed by atoms with van der Waals surface area (Å²) in [4.78, 5) is 43.5. The highest BCUT2D eigenvalue weighted by atomic mass is 19.3. The van der Waals surface area contributed by atoms with E-state index in [1.54, 1.807) is 19.2 Å². The second kappa shape index (κ2) is 43.3. The highest BCUT2D eigenvalue weighted by Crippen LogP contribution is 2.47. The third-order valence-electron chi connectivity index (χ3n) is 16.4. The number of ether oxygens (including phenoxy) is 5. The number of aliphatic imine (C=N–C) groups is 10. The van der Waals surface area contributed by atoms with E-state index in [-0.39, 0.29) is 159 Å². The lowest BCUT2D eigenvalue weighted by atomic mass is 10.0. The van der Waals surface area contributed by atoms with E-state index in [2.05, 4.69) is 49.9 Å². The molecule has 0 aliphatic carbocycles. The summed E-state index contributed by atoms with van der Waals surface area (Å²) in [6, 6.07) is 0. The van der Waals surface area contributed by atoms with E-state index in [0.717, 1.165) is 36.7 Å². The van der Waals surface area contributed by atoms with Crippen molar-refractivity contribution in [3.8, 4) is 0 Å². The Labute approximate surface area is 661 Å². The molecule has 0 radical (unpaired) electrons. The number of likely N-dealkylation sites (N-methyl/N-ethyl adjacent to an activating group) is 5. The molecule has 0 spiro atoms. The summed E-state index contributed by atoms with van der Waals surface area (Å²) in [7, 11) is 2.96. The fraction of sp³-hybridized carbons (Fsp3) is 0.733. The van der Waals surface area contributed by atoms with Gasteiger partial charge in [0.15, 0.2) is 0 Å². The Bertz CT molecular complexity index is 4380. The zero-order valence-corrected chi connectivity index (χ0v) is 62.1. The topological polar surface area (TPSA) is 186 Å². The molecule has 10 heterocycles. The second-order valence-corrected chi connectivity index (χ2v) is 25.7. The maximum Gasteiger partial charge on any atom is 0.399 e. The summed E-state index contributed by atoms with van der Waals surface area (Å²) < 4.78 is 380. The Hall–Kier alpha value is -6.78. The van der Waals surface area contributed by atoms with Gasteiger partial charge in [-0.2, -0.15) is 61.5 Å². The zero-order chi connectivity index (χ0) is 98.3. The van der Waals surface area contributed by atoms with Crippen LogP contribution < -0.4 is 0 Å². The molecule has 0 fully saturated rings. The quantitative estimate of drug-likeness (QED) is 0.0495. The summed E-state index contributed by atoms with van der Waals surface area (Å²) in [5.74, 6) is -17.3. The standard InChI is InChI=1S/C15H19F6N3O.4C15H23F2N3O/c1-13(16,17)15(20,21)14(18,19)5-7-25-12-11(22-9-23-12)10-4-3-6-24(2)8-10;4*1-3-4-5-8-15(16,17)21-14-13(18-11-19-14)12-7-6-9-20(2)10-12/h4H,3,5-9H2,1-2H3;4*7H,3-6,8-11H2,1-2H3/i2D3;2D3,9D2,10D2;9D2,10D2;2D3,10D2;10D2. The number of alkyl halides is 14. The number of halogens is 14. The lowest BCUT2D eigenvalue weighted by Gasteiger charge is -2.30. The Morgan fingerprint density at radius 2 is 0.670 bits per heavy atom. The molecule has 0 amide bonds. The third kappa shape index (κ3) is 30.0. The summed E-state index contributed by atoms with van der Waals surface area (Å²) >= 11 is 0. The maximum absolute atomic E-state index is 14.1.